The molecular formula is C24H31NO7S. The van der Waals surface area contributed by atoms with E-state index in [0.29, 0.717) is 35.8 Å². The lowest BCUT2D eigenvalue weighted by atomic mass is 10.1. The zero-order valence-electron chi connectivity index (χ0n) is 19.2. The Hall–Kier alpha value is -2.62. The van der Waals surface area contributed by atoms with Crippen LogP contribution in [-0.2, 0) is 16.4 Å². The Morgan fingerprint density at radius 2 is 1.82 bits per heavy atom. The fourth-order valence-electron chi connectivity index (χ4n) is 3.92. The lowest BCUT2D eigenvalue weighted by molar-refractivity contribution is 0.0524. The highest BCUT2D eigenvalue weighted by atomic mass is 32.2. The van der Waals surface area contributed by atoms with Crippen LogP contribution in [0.5, 0.6) is 17.2 Å². The molecule has 9 heteroatoms. The third kappa shape index (κ3) is 6.93. The van der Waals surface area contributed by atoms with Gasteiger partial charge in [-0.3, -0.25) is 9.69 Å². The summed E-state index contributed by atoms with van der Waals surface area (Å²) < 4.78 is 40.5. The number of Topliss-reactive ketones (excluding diaryl/α,β-unsaturated/α-hetero) is 1. The fraction of sp³-hybridized carbons (Fsp3) is 0.458. The molecule has 1 N–H and O–H groups in total. The Morgan fingerprint density at radius 1 is 1.12 bits per heavy atom. The lowest BCUT2D eigenvalue weighted by Gasteiger charge is -2.30. The molecule has 0 amide bonds. The highest BCUT2D eigenvalue weighted by Crippen LogP contribution is 2.29. The highest BCUT2D eigenvalue weighted by Gasteiger charge is 2.33. The second-order valence-electron chi connectivity index (χ2n) is 8.22. The van der Waals surface area contributed by atoms with Crippen LogP contribution < -0.4 is 14.2 Å². The summed E-state index contributed by atoms with van der Waals surface area (Å²) in [5.41, 5.74) is 1.51. The molecule has 0 aromatic heterocycles. The second kappa shape index (κ2) is 11.0. The molecular weight excluding hydrogens is 446 g/mol. The van der Waals surface area contributed by atoms with Crippen molar-refractivity contribution < 1.29 is 32.5 Å². The Kier molecular flexibility index (Phi) is 8.34. The van der Waals surface area contributed by atoms with E-state index < -0.39 is 15.9 Å². The SMILES string of the molecule is COc1ccc(CN(CC(O)COc2ccc(C(C)=O)cc2)C2CCS(=O)(=O)C2)cc1OC. The van der Waals surface area contributed by atoms with E-state index in [-0.39, 0.29) is 36.5 Å². The van der Waals surface area contributed by atoms with E-state index in [1.165, 1.54) is 6.92 Å². The highest BCUT2D eigenvalue weighted by molar-refractivity contribution is 7.91. The van der Waals surface area contributed by atoms with Crippen molar-refractivity contribution in [2.45, 2.75) is 32.0 Å². The van der Waals surface area contributed by atoms with Crippen LogP contribution in [-0.4, -0.2) is 75.2 Å². The average molecular weight is 478 g/mol. The standard InChI is InChI=1S/C24H31NO7S/c1-17(26)19-5-7-22(8-6-19)32-15-21(27)14-25(20-10-11-33(28,29)16-20)13-18-4-9-23(30-2)24(12-18)31-3/h4-9,12,20-21,27H,10-11,13-16H2,1-3H3. The first kappa shape index (κ1) is 25.0. The zero-order valence-corrected chi connectivity index (χ0v) is 20.0. The molecule has 0 radical (unpaired) electrons. The van der Waals surface area contributed by atoms with Crippen molar-refractivity contribution in [3.63, 3.8) is 0 Å². The van der Waals surface area contributed by atoms with E-state index in [1.807, 2.05) is 23.1 Å². The van der Waals surface area contributed by atoms with Crippen molar-refractivity contribution in [1.82, 2.24) is 4.90 Å². The first-order valence-electron chi connectivity index (χ1n) is 10.8. The minimum Gasteiger partial charge on any atom is -0.493 e. The number of ether oxygens (including phenoxy) is 3. The van der Waals surface area contributed by atoms with Gasteiger partial charge in [0.2, 0.25) is 0 Å². The minimum atomic E-state index is -3.09. The summed E-state index contributed by atoms with van der Waals surface area (Å²) in [6.07, 6.45) is -0.309. The molecule has 1 fully saturated rings. The summed E-state index contributed by atoms with van der Waals surface area (Å²) >= 11 is 0. The van der Waals surface area contributed by atoms with Crippen molar-refractivity contribution in [2.24, 2.45) is 0 Å². The molecule has 2 atom stereocenters. The number of aliphatic hydroxyl groups excluding tert-OH is 1. The smallest absolute Gasteiger partial charge is 0.161 e. The van der Waals surface area contributed by atoms with Crippen LogP contribution in [0.15, 0.2) is 42.5 Å². The predicted molar refractivity (Wildman–Crippen MR) is 125 cm³/mol. The Balaban J connectivity index is 1.68. The lowest BCUT2D eigenvalue weighted by Crippen LogP contribution is -2.42. The molecule has 2 aromatic rings. The van der Waals surface area contributed by atoms with Crippen LogP contribution in [0, 0.1) is 0 Å². The number of rotatable bonds is 11. The van der Waals surface area contributed by atoms with Crippen molar-refractivity contribution >= 4 is 15.6 Å². The van der Waals surface area contributed by atoms with Gasteiger partial charge in [-0.2, -0.15) is 0 Å². The summed E-state index contributed by atoms with van der Waals surface area (Å²) in [5, 5.41) is 10.7. The van der Waals surface area contributed by atoms with Gasteiger partial charge in [-0.1, -0.05) is 6.07 Å². The van der Waals surface area contributed by atoms with Gasteiger partial charge in [-0.05, 0) is 55.3 Å². The summed E-state index contributed by atoms with van der Waals surface area (Å²) in [7, 11) is 0.0439. The fourth-order valence-corrected chi connectivity index (χ4v) is 5.68. The van der Waals surface area contributed by atoms with Crippen molar-refractivity contribution in [1.29, 1.82) is 0 Å². The van der Waals surface area contributed by atoms with Gasteiger partial charge in [0.15, 0.2) is 27.1 Å². The number of carbonyl (C=O) groups excluding carboxylic acids is 1. The number of nitrogens with zero attached hydrogens (tertiary/aromatic N) is 1. The van der Waals surface area contributed by atoms with Crippen molar-refractivity contribution in [2.75, 3.05) is 38.9 Å². The number of carbonyl (C=O) groups is 1. The minimum absolute atomic E-state index is 0.0288. The van der Waals surface area contributed by atoms with E-state index in [9.17, 15) is 18.3 Å². The largest absolute Gasteiger partial charge is 0.493 e. The summed E-state index contributed by atoms with van der Waals surface area (Å²) in [6, 6.07) is 12.1. The van der Waals surface area contributed by atoms with Gasteiger partial charge in [0.1, 0.15) is 18.5 Å². The third-order valence-corrected chi connectivity index (χ3v) is 7.46. The normalized spacial score (nSPS) is 18.2. The molecule has 0 bridgehead atoms. The maximum Gasteiger partial charge on any atom is 0.161 e. The third-order valence-electron chi connectivity index (χ3n) is 5.71. The quantitative estimate of drug-likeness (QED) is 0.492. The van der Waals surface area contributed by atoms with E-state index in [1.54, 1.807) is 38.5 Å². The Bertz CT molecular complexity index is 1050. The van der Waals surface area contributed by atoms with Crippen molar-refractivity contribution in [3.8, 4) is 17.2 Å². The number of hydrogen-bond acceptors (Lipinski definition) is 8. The molecule has 1 aliphatic rings. The number of hydrogen-bond donors (Lipinski definition) is 1. The number of methoxy groups -OCH3 is 2. The maximum absolute atomic E-state index is 12.1. The van der Waals surface area contributed by atoms with Gasteiger partial charge in [0.05, 0.1) is 25.7 Å². The molecule has 180 valence electrons. The predicted octanol–water partition coefficient (Wildman–Crippen LogP) is 2.34. The van der Waals surface area contributed by atoms with Crippen LogP contribution in [0.25, 0.3) is 0 Å². The number of benzene rings is 2. The number of ketones is 1. The number of aliphatic hydroxyl groups is 1. The van der Waals surface area contributed by atoms with Crippen LogP contribution >= 0.6 is 0 Å². The molecule has 1 aliphatic heterocycles. The summed E-state index contributed by atoms with van der Waals surface area (Å²) in [4.78, 5) is 13.4. The molecule has 0 aliphatic carbocycles. The van der Waals surface area contributed by atoms with Crippen molar-refractivity contribution in [3.05, 3.63) is 53.6 Å². The van der Waals surface area contributed by atoms with Gasteiger partial charge < -0.3 is 19.3 Å². The molecule has 2 unspecified atom stereocenters. The maximum atomic E-state index is 12.1. The molecule has 3 rings (SSSR count). The molecule has 1 saturated heterocycles. The first-order valence-corrected chi connectivity index (χ1v) is 12.6. The van der Waals surface area contributed by atoms with Gasteiger partial charge in [-0.15, -0.1) is 0 Å². The molecule has 8 nitrogen and oxygen atoms in total. The van der Waals surface area contributed by atoms with E-state index in [0.717, 1.165) is 5.56 Å². The van der Waals surface area contributed by atoms with E-state index >= 15 is 0 Å². The summed E-state index contributed by atoms with van der Waals surface area (Å²) in [6.45, 7) is 2.24. The molecule has 33 heavy (non-hydrogen) atoms. The van der Waals surface area contributed by atoms with Crippen LogP contribution in [0.4, 0.5) is 0 Å². The molecule has 1 heterocycles. The Morgan fingerprint density at radius 3 is 2.39 bits per heavy atom. The molecule has 0 saturated carbocycles. The van der Waals surface area contributed by atoms with Gasteiger partial charge in [0.25, 0.3) is 0 Å². The Labute approximate surface area is 195 Å². The van der Waals surface area contributed by atoms with Crippen LogP contribution in [0.1, 0.15) is 29.3 Å². The monoisotopic (exact) mass is 477 g/mol. The second-order valence-corrected chi connectivity index (χ2v) is 10.4. The van der Waals surface area contributed by atoms with Crippen LogP contribution in [0.2, 0.25) is 0 Å². The number of sulfone groups is 1. The first-order chi connectivity index (χ1) is 15.7. The van der Waals surface area contributed by atoms with Crippen LogP contribution in [0.3, 0.4) is 0 Å². The zero-order chi connectivity index (χ0) is 24.0. The van der Waals surface area contributed by atoms with Gasteiger partial charge in [0, 0.05) is 24.7 Å². The van der Waals surface area contributed by atoms with Gasteiger partial charge >= 0.3 is 0 Å². The summed E-state index contributed by atoms with van der Waals surface area (Å²) in [5.74, 6) is 1.94. The molecule has 2 aromatic carbocycles. The molecule has 0 spiro atoms. The topological polar surface area (TPSA) is 102 Å². The van der Waals surface area contributed by atoms with E-state index in [4.69, 9.17) is 14.2 Å². The van der Waals surface area contributed by atoms with Gasteiger partial charge in [-0.25, -0.2) is 8.42 Å². The average Bonchev–Trinajstić information content (AvgIpc) is 3.17. The van der Waals surface area contributed by atoms with E-state index in [2.05, 4.69) is 0 Å².